The Morgan fingerprint density at radius 1 is 1.03 bits per heavy atom. The molecule has 29 heavy (non-hydrogen) atoms. The molecule has 0 radical (unpaired) electrons. The van der Waals surface area contributed by atoms with Gasteiger partial charge in [0.1, 0.15) is 0 Å². The maximum absolute atomic E-state index is 12.4. The van der Waals surface area contributed by atoms with Crippen LogP contribution in [0.1, 0.15) is 32.1 Å². The molecule has 0 aliphatic heterocycles. The number of carbonyl (C=O) groups is 1. The van der Waals surface area contributed by atoms with Crippen LogP contribution in [0.2, 0.25) is 5.02 Å². The van der Waals surface area contributed by atoms with E-state index in [2.05, 4.69) is 15.5 Å². The fraction of sp³-hybridized carbons (Fsp3) is 0.318. The van der Waals surface area contributed by atoms with Gasteiger partial charge in [0, 0.05) is 22.3 Å². The lowest BCUT2D eigenvalue weighted by Crippen LogP contribution is -2.37. The molecule has 7 heteroatoms. The lowest BCUT2D eigenvalue weighted by Gasteiger charge is -2.22. The lowest BCUT2D eigenvalue weighted by atomic mass is 9.95. The molecule has 5 nitrogen and oxygen atoms in total. The number of rotatable bonds is 6. The number of benzene rings is 2. The molecule has 4 rings (SSSR count). The number of amides is 1. The zero-order valence-electron chi connectivity index (χ0n) is 16.1. The summed E-state index contributed by atoms with van der Waals surface area (Å²) in [5.41, 5.74) is 1.88. The highest BCUT2D eigenvalue weighted by Crippen LogP contribution is 2.28. The predicted molar refractivity (Wildman–Crippen MR) is 118 cm³/mol. The maximum atomic E-state index is 12.4. The van der Waals surface area contributed by atoms with Gasteiger partial charge in [0.05, 0.1) is 5.75 Å². The summed E-state index contributed by atoms with van der Waals surface area (Å²) in [5.74, 6) is 1.10. The van der Waals surface area contributed by atoms with E-state index in [1.165, 1.54) is 31.0 Å². The van der Waals surface area contributed by atoms with Gasteiger partial charge in [-0.2, -0.15) is 0 Å². The minimum Gasteiger partial charge on any atom is -0.353 e. The van der Waals surface area contributed by atoms with Gasteiger partial charge in [0.25, 0.3) is 0 Å². The van der Waals surface area contributed by atoms with Crippen molar-refractivity contribution in [1.29, 1.82) is 0 Å². The summed E-state index contributed by atoms with van der Waals surface area (Å²) in [4.78, 5) is 12.4. The lowest BCUT2D eigenvalue weighted by molar-refractivity contribution is -0.119. The molecule has 2 aromatic carbocycles. The monoisotopic (exact) mass is 426 g/mol. The fourth-order valence-electron chi connectivity index (χ4n) is 3.61. The number of hydrogen-bond acceptors (Lipinski definition) is 4. The number of halogens is 1. The Morgan fingerprint density at radius 3 is 2.48 bits per heavy atom. The zero-order chi connectivity index (χ0) is 20.1. The first-order chi connectivity index (χ1) is 14.2. The molecule has 1 saturated carbocycles. The molecular formula is C22H23ClN4OS. The molecule has 1 N–H and O–H groups in total. The van der Waals surface area contributed by atoms with Crippen molar-refractivity contribution in [2.24, 2.45) is 0 Å². The average Bonchev–Trinajstić information content (AvgIpc) is 3.18. The van der Waals surface area contributed by atoms with Crippen molar-refractivity contribution in [1.82, 2.24) is 20.1 Å². The second kappa shape index (κ2) is 9.46. The minimum absolute atomic E-state index is 0.0533. The van der Waals surface area contributed by atoms with Crippen molar-refractivity contribution in [2.45, 2.75) is 43.3 Å². The van der Waals surface area contributed by atoms with E-state index in [9.17, 15) is 4.79 Å². The van der Waals surface area contributed by atoms with Crippen molar-refractivity contribution in [3.05, 3.63) is 59.6 Å². The Labute approximate surface area is 179 Å². The average molecular weight is 427 g/mol. The molecule has 150 valence electrons. The summed E-state index contributed by atoms with van der Waals surface area (Å²) in [7, 11) is 0. The van der Waals surface area contributed by atoms with E-state index in [1.807, 2.05) is 59.2 Å². The number of para-hydroxylation sites is 1. The van der Waals surface area contributed by atoms with Crippen LogP contribution in [0.4, 0.5) is 0 Å². The van der Waals surface area contributed by atoms with E-state index in [4.69, 9.17) is 11.6 Å². The van der Waals surface area contributed by atoms with Gasteiger partial charge in [0.15, 0.2) is 11.0 Å². The van der Waals surface area contributed by atoms with E-state index in [0.29, 0.717) is 22.0 Å². The highest BCUT2D eigenvalue weighted by Gasteiger charge is 2.19. The molecule has 1 heterocycles. The van der Waals surface area contributed by atoms with Crippen molar-refractivity contribution >= 4 is 29.3 Å². The van der Waals surface area contributed by atoms with E-state index < -0.39 is 0 Å². The fourth-order valence-corrected chi connectivity index (χ4v) is 4.49. The van der Waals surface area contributed by atoms with Crippen LogP contribution in [0.3, 0.4) is 0 Å². The summed E-state index contributed by atoms with van der Waals surface area (Å²) >= 11 is 7.44. The number of aromatic nitrogens is 3. The predicted octanol–water partition coefficient (Wildman–Crippen LogP) is 5.13. The summed E-state index contributed by atoms with van der Waals surface area (Å²) in [6.07, 6.45) is 5.83. The van der Waals surface area contributed by atoms with Crippen LogP contribution >= 0.6 is 23.4 Å². The maximum Gasteiger partial charge on any atom is 0.230 e. The second-order valence-electron chi connectivity index (χ2n) is 7.18. The topological polar surface area (TPSA) is 59.8 Å². The van der Waals surface area contributed by atoms with Crippen LogP contribution < -0.4 is 5.32 Å². The third kappa shape index (κ3) is 5.00. The van der Waals surface area contributed by atoms with Gasteiger partial charge in [-0.3, -0.25) is 9.36 Å². The van der Waals surface area contributed by atoms with Crippen LogP contribution in [0.15, 0.2) is 59.8 Å². The van der Waals surface area contributed by atoms with Crippen LogP contribution in [0.25, 0.3) is 17.1 Å². The number of nitrogens with zero attached hydrogens (tertiary/aromatic N) is 3. The van der Waals surface area contributed by atoms with Crippen molar-refractivity contribution in [2.75, 3.05) is 5.75 Å². The number of carbonyl (C=O) groups excluding carboxylic acids is 1. The van der Waals surface area contributed by atoms with Gasteiger partial charge in [-0.1, -0.05) is 60.8 Å². The first-order valence-corrected chi connectivity index (χ1v) is 11.3. The first-order valence-electron chi connectivity index (χ1n) is 9.89. The highest BCUT2D eigenvalue weighted by atomic mass is 35.5. The van der Waals surface area contributed by atoms with Gasteiger partial charge < -0.3 is 5.32 Å². The van der Waals surface area contributed by atoms with Crippen LogP contribution in [0, 0.1) is 0 Å². The van der Waals surface area contributed by atoms with E-state index in [0.717, 1.165) is 29.9 Å². The smallest absolute Gasteiger partial charge is 0.230 e. The van der Waals surface area contributed by atoms with Gasteiger partial charge >= 0.3 is 0 Å². The Kier molecular flexibility index (Phi) is 6.52. The number of nitrogens with one attached hydrogen (secondary N) is 1. The van der Waals surface area contributed by atoms with Crippen molar-refractivity contribution in [3.63, 3.8) is 0 Å². The molecule has 0 spiro atoms. The quantitative estimate of drug-likeness (QED) is 0.555. The minimum atomic E-state index is 0.0533. The van der Waals surface area contributed by atoms with Gasteiger partial charge in [0.2, 0.25) is 5.91 Å². The second-order valence-corrected chi connectivity index (χ2v) is 8.55. The first kappa shape index (κ1) is 20.0. The molecule has 0 bridgehead atoms. The summed E-state index contributed by atoms with van der Waals surface area (Å²) in [6.45, 7) is 0. The summed E-state index contributed by atoms with van der Waals surface area (Å²) in [5, 5.41) is 13.3. The molecule has 1 aromatic heterocycles. The van der Waals surface area contributed by atoms with Gasteiger partial charge in [-0.15, -0.1) is 10.2 Å². The van der Waals surface area contributed by atoms with E-state index in [1.54, 1.807) is 0 Å². The molecule has 0 atom stereocenters. The molecule has 0 saturated heterocycles. The van der Waals surface area contributed by atoms with Crippen LogP contribution in [0.5, 0.6) is 0 Å². The standard InChI is InChI=1S/C22H23ClN4OS/c23-17-13-11-16(12-14-17)21-25-26-22(27(21)19-9-5-2-6-10-19)29-15-20(28)24-18-7-3-1-4-8-18/h2,5-6,9-14,18H,1,3-4,7-8,15H2,(H,24,28). The van der Waals surface area contributed by atoms with Crippen molar-refractivity contribution < 1.29 is 4.79 Å². The molecule has 0 unspecified atom stereocenters. The highest BCUT2D eigenvalue weighted by molar-refractivity contribution is 7.99. The molecular weight excluding hydrogens is 404 g/mol. The summed E-state index contributed by atoms with van der Waals surface area (Å²) in [6, 6.07) is 17.8. The molecule has 1 aliphatic rings. The molecule has 1 aliphatic carbocycles. The Bertz CT molecular complexity index is 953. The normalized spacial score (nSPS) is 14.7. The molecule has 3 aromatic rings. The van der Waals surface area contributed by atoms with Crippen LogP contribution in [-0.2, 0) is 4.79 Å². The Hall–Kier alpha value is -2.31. The van der Waals surface area contributed by atoms with E-state index >= 15 is 0 Å². The summed E-state index contributed by atoms with van der Waals surface area (Å²) < 4.78 is 1.99. The van der Waals surface area contributed by atoms with Crippen LogP contribution in [-0.4, -0.2) is 32.5 Å². The van der Waals surface area contributed by atoms with Gasteiger partial charge in [-0.05, 0) is 49.2 Å². The SMILES string of the molecule is O=C(CSc1nnc(-c2ccc(Cl)cc2)n1-c1ccccc1)NC1CCCCC1. The Balaban J connectivity index is 1.55. The number of thioether (sulfide) groups is 1. The number of hydrogen-bond donors (Lipinski definition) is 1. The van der Waals surface area contributed by atoms with Gasteiger partial charge in [-0.25, -0.2) is 0 Å². The molecule has 1 amide bonds. The zero-order valence-corrected chi connectivity index (χ0v) is 17.6. The third-order valence-electron chi connectivity index (χ3n) is 5.05. The van der Waals surface area contributed by atoms with E-state index in [-0.39, 0.29) is 5.91 Å². The Morgan fingerprint density at radius 2 is 1.76 bits per heavy atom. The largest absolute Gasteiger partial charge is 0.353 e. The molecule has 1 fully saturated rings. The van der Waals surface area contributed by atoms with Crippen molar-refractivity contribution in [3.8, 4) is 17.1 Å². The third-order valence-corrected chi connectivity index (χ3v) is 6.23.